The summed E-state index contributed by atoms with van der Waals surface area (Å²) in [7, 11) is 0. The number of aromatic nitrogens is 1. The quantitative estimate of drug-likeness (QED) is 0.853. The zero-order valence-corrected chi connectivity index (χ0v) is 10.9. The summed E-state index contributed by atoms with van der Waals surface area (Å²) in [5.41, 5.74) is 2.15. The van der Waals surface area contributed by atoms with E-state index in [4.69, 9.17) is 16.9 Å². The first-order valence-electron chi connectivity index (χ1n) is 5.54. The highest BCUT2D eigenvalue weighted by atomic mass is 35.5. The van der Waals surface area contributed by atoms with Crippen molar-refractivity contribution in [2.75, 3.05) is 5.32 Å². The molecular formula is C14H10ClN3O. The Morgan fingerprint density at radius 2 is 2.16 bits per heavy atom. The van der Waals surface area contributed by atoms with Crippen molar-refractivity contribution in [2.24, 2.45) is 0 Å². The van der Waals surface area contributed by atoms with Crippen LogP contribution >= 0.6 is 11.6 Å². The van der Waals surface area contributed by atoms with Gasteiger partial charge in [-0.15, -0.1) is 0 Å². The van der Waals surface area contributed by atoms with Crippen molar-refractivity contribution < 1.29 is 4.79 Å². The highest BCUT2D eigenvalue weighted by molar-refractivity contribution is 6.29. The van der Waals surface area contributed by atoms with Crippen LogP contribution in [0.3, 0.4) is 0 Å². The molecule has 0 unspecified atom stereocenters. The van der Waals surface area contributed by atoms with Gasteiger partial charge in [-0.05, 0) is 37.3 Å². The Bertz CT molecular complexity index is 656. The third-order valence-corrected chi connectivity index (χ3v) is 2.63. The molecule has 5 heteroatoms. The molecule has 0 aliphatic heterocycles. The number of carbonyl (C=O) groups excluding carboxylic acids is 1. The van der Waals surface area contributed by atoms with Crippen molar-refractivity contribution >= 4 is 23.2 Å². The Labute approximate surface area is 115 Å². The lowest BCUT2D eigenvalue weighted by molar-refractivity contribution is 0.102. The second-order valence-electron chi connectivity index (χ2n) is 3.97. The normalized spacial score (nSPS) is 9.74. The Morgan fingerprint density at radius 1 is 1.37 bits per heavy atom. The molecule has 0 aliphatic rings. The topological polar surface area (TPSA) is 65.8 Å². The number of benzene rings is 1. The van der Waals surface area contributed by atoms with E-state index in [1.165, 1.54) is 6.07 Å². The minimum atomic E-state index is -0.289. The first-order valence-corrected chi connectivity index (χ1v) is 5.92. The van der Waals surface area contributed by atoms with Gasteiger partial charge in [0.25, 0.3) is 5.91 Å². The molecule has 2 aromatic rings. The Morgan fingerprint density at radius 3 is 2.84 bits per heavy atom. The predicted octanol–water partition coefficient (Wildman–Crippen LogP) is 3.17. The number of carbonyl (C=O) groups is 1. The molecule has 94 valence electrons. The van der Waals surface area contributed by atoms with E-state index in [9.17, 15) is 4.79 Å². The lowest BCUT2D eigenvalue weighted by atomic mass is 10.2. The van der Waals surface area contributed by atoms with Gasteiger partial charge < -0.3 is 5.32 Å². The molecule has 1 N–H and O–H groups in total. The molecule has 4 nitrogen and oxygen atoms in total. The van der Waals surface area contributed by atoms with Crippen LogP contribution in [0.15, 0.2) is 36.4 Å². The number of pyridine rings is 1. The first-order chi connectivity index (χ1) is 9.08. The first kappa shape index (κ1) is 13.1. The molecule has 1 aromatic heterocycles. The van der Waals surface area contributed by atoms with Crippen LogP contribution in [-0.2, 0) is 0 Å². The van der Waals surface area contributed by atoms with Crippen molar-refractivity contribution in [3.63, 3.8) is 0 Å². The summed E-state index contributed by atoms with van der Waals surface area (Å²) in [4.78, 5) is 16.0. The summed E-state index contributed by atoms with van der Waals surface area (Å²) in [6.45, 7) is 1.76. The molecule has 1 heterocycles. The third kappa shape index (κ3) is 3.30. The summed E-state index contributed by atoms with van der Waals surface area (Å²) >= 11 is 5.81. The zero-order chi connectivity index (χ0) is 13.8. The average Bonchev–Trinajstić information content (AvgIpc) is 2.37. The molecule has 1 aromatic carbocycles. The van der Waals surface area contributed by atoms with Gasteiger partial charge >= 0.3 is 0 Å². The van der Waals surface area contributed by atoms with Crippen molar-refractivity contribution in [3.05, 3.63) is 58.4 Å². The number of nitriles is 1. The van der Waals surface area contributed by atoms with Crippen LogP contribution in [0.5, 0.6) is 0 Å². The second kappa shape index (κ2) is 5.51. The Balaban J connectivity index is 2.23. The van der Waals surface area contributed by atoms with Gasteiger partial charge in [-0.25, -0.2) is 4.98 Å². The Kier molecular flexibility index (Phi) is 3.79. The summed E-state index contributed by atoms with van der Waals surface area (Å²) in [6.07, 6.45) is 0. The molecular weight excluding hydrogens is 262 g/mol. The number of aryl methyl sites for hydroxylation is 1. The lowest BCUT2D eigenvalue weighted by Gasteiger charge is -2.06. The van der Waals surface area contributed by atoms with Gasteiger partial charge in [-0.3, -0.25) is 4.79 Å². The molecule has 0 bridgehead atoms. The number of halogens is 1. The van der Waals surface area contributed by atoms with E-state index in [1.54, 1.807) is 37.3 Å². The van der Waals surface area contributed by atoms with Crippen molar-refractivity contribution in [1.82, 2.24) is 4.98 Å². The Hall–Kier alpha value is -2.38. The molecule has 0 spiro atoms. The minimum absolute atomic E-state index is 0.274. The summed E-state index contributed by atoms with van der Waals surface area (Å²) in [5.74, 6) is -0.289. The van der Waals surface area contributed by atoms with E-state index in [0.717, 1.165) is 0 Å². The van der Waals surface area contributed by atoms with Gasteiger partial charge in [-0.1, -0.05) is 17.7 Å². The van der Waals surface area contributed by atoms with Crippen LogP contribution in [-0.4, -0.2) is 10.9 Å². The summed E-state index contributed by atoms with van der Waals surface area (Å²) < 4.78 is 0. The molecule has 2 rings (SSSR count). The fourth-order valence-corrected chi connectivity index (χ4v) is 1.88. The summed E-state index contributed by atoms with van der Waals surface area (Å²) in [6, 6.07) is 11.9. The largest absolute Gasteiger partial charge is 0.322 e. The lowest BCUT2D eigenvalue weighted by Crippen LogP contribution is -2.12. The van der Waals surface area contributed by atoms with Gasteiger partial charge in [-0.2, -0.15) is 5.26 Å². The van der Waals surface area contributed by atoms with Crippen LogP contribution in [0.25, 0.3) is 0 Å². The van der Waals surface area contributed by atoms with Crippen LogP contribution in [0.2, 0.25) is 5.15 Å². The van der Waals surface area contributed by atoms with E-state index in [-0.39, 0.29) is 11.1 Å². The highest BCUT2D eigenvalue weighted by Crippen LogP contribution is 2.14. The van der Waals surface area contributed by atoms with Gasteiger partial charge in [0.1, 0.15) is 5.15 Å². The smallest absolute Gasteiger partial charge is 0.255 e. The SMILES string of the molecule is Cc1cc(C(=O)Nc2cccc(C#N)c2)cc(Cl)n1. The van der Waals surface area contributed by atoms with Crippen molar-refractivity contribution in [3.8, 4) is 6.07 Å². The molecule has 0 fully saturated rings. The predicted molar refractivity (Wildman–Crippen MR) is 73.1 cm³/mol. The zero-order valence-electron chi connectivity index (χ0n) is 10.1. The van der Waals surface area contributed by atoms with Crippen LogP contribution < -0.4 is 5.32 Å². The maximum atomic E-state index is 12.0. The van der Waals surface area contributed by atoms with Gasteiger partial charge in [0.05, 0.1) is 11.6 Å². The van der Waals surface area contributed by atoms with Gasteiger partial charge in [0.2, 0.25) is 0 Å². The maximum Gasteiger partial charge on any atom is 0.255 e. The van der Waals surface area contributed by atoms with Gasteiger partial charge in [0.15, 0.2) is 0 Å². The molecule has 19 heavy (non-hydrogen) atoms. The third-order valence-electron chi connectivity index (χ3n) is 2.43. The van der Waals surface area contributed by atoms with E-state index >= 15 is 0 Å². The number of amides is 1. The number of anilines is 1. The van der Waals surface area contributed by atoms with Crippen LogP contribution in [0.1, 0.15) is 21.6 Å². The number of nitrogens with zero attached hydrogens (tertiary/aromatic N) is 2. The number of hydrogen-bond donors (Lipinski definition) is 1. The van der Waals surface area contributed by atoms with E-state index in [1.807, 2.05) is 6.07 Å². The van der Waals surface area contributed by atoms with E-state index < -0.39 is 0 Å². The van der Waals surface area contributed by atoms with Crippen LogP contribution in [0.4, 0.5) is 5.69 Å². The van der Waals surface area contributed by atoms with E-state index in [0.29, 0.717) is 22.5 Å². The standard InChI is InChI=1S/C14H10ClN3O/c1-9-5-11(7-13(15)17-9)14(19)18-12-4-2-3-10(6-12)8-16/h2-7H,1H3,(H,18,19). The molecule has 0 saturated heterocycles. The monoisotopic (exact) mass is 271 g/mol. The maximum absolute atomic E-state index is 12.0. The fraction of sp³-hybridized carbons (Fsp3) is 0.0714. The van der Waals surface area contributed by atoms with E-state index in [2.05, 4.69) is 10.3 Å². The van der Waals surface area contributed by atoms with Gasteiger partial charge in [0, 0.05) is 16.9 Å². The minimum Gasteiger partial charge on any atom is -0.322 e. The molecule has 0 aliphatic carbocycles. The average molecular weight is 272 g/mol. The second-order valence-corrected chi connectivity index (χ2v) is 4.35. The molecule has 0 saturated carbocycles. The number of nitrogens with one attached hydrogen (secondary N) is 1. The number of rotatable bonds is 2. The van der Waals surface area contributed by atoms with Crippen LogP contribution in [0, 0.1) is 18.3 Å². The van der Waals surface area contributed by atoms with Crippen molar-refractivity contribution in [2.45, 2.75) is 6.92 Å². The summed E-state index contributed by atoms with van der Waals surface area (Å²) in [5, 5.41) is 11.8. The molecule has 0 atom stereocenters. The molecule has 1 amide bonds. The highest BCUT2D eigenvalue weighted by Gasteiger charge is 2.08. The number of hydrogen-bond acceptors (Lipinski definition) is 3. The fourth-order valence-electron chi connectivity index (χ4n) is 1.63. The van der Waals surface area contributed by atoms with Crippen molar-refractivity contribution in [1.29, 1.82) is 5.26 Å². The molecule has 0 radical (unpaired) electrons.